The number of fused-ring (bicyclic) bond motifs is 1. The first-order valence-corrected chi connectivity index (χ1v) is 10.0. The number of hydrogen-bond donors (Lipinski definition) is 1. The van der Waals surface area contributed by atoms with E-state index in [1.165, 1.54) is 6.07 Å². The highest BCUT2D eigenvalue weighted by Crippen LogP contribution is 2.30. The summed E-state index contributed by atoms with van der Waals surface area (Å²) in [5.41, 5.74) is 2.22. The third kappa shape index (κ3) is 3.44. The van der Waals surface area contributed by atoms with Gasteiger partial charge in [-0.25, -0.2) is 4.90 Å². The number of aromatic nitrogens is 1. The van der Waals surface area contributed by atoms with Gasteiger partial charge in [0.1, 0.15) is 0 Å². The van der Waals surface area contributed by atoms with Crippen LogP contribution in [0.5, 0.6) is 0 Å². The fraction of sp³-hybridized carbons (Fsp3) is 0. The molecule has 0 fully saturated rings. The highest BCUT2D eigenvalue weighted by molar-refractivity contribution is 6.34. The molecule has 3 aromatic carbocycles. The Balaban J connectivity index is 1.37. The molecule has 0 radical (unpaired) electrons. The molecule has 0 unspecified atom stereocenters. The Morgan fingerprint density at radius 1 is 0.875 bits per heavy atom. The van der Waals surface area contributed by atoms with Crippen molar-refractivity contribution in [2.24, 2.45) is 0 Å². The third-order valence-corrected chi connectivity index (χ3v) is 5.24. The second-order valence-corrected chi connectivity index (χ2v) is 7.52. The van der Waals surface area contributed by atoms with Crippen LogP contribution in [0.3, 0.4) is 0 Å². The summed E-state index contributed by atoms with van der Waals surface area (Å²) in [5.74, 6) is -0.910. The van der Waals surface area contributed by atoms with Crippen LogP contribution in [0.2, 0.25) is 5.02 Å². The summed E-state index contributed by atoms with van der Waals surface area (Å²) in [6.07, 6.45) is 0. The molecule has 156 valence electrons. The van der Waals surface area contributed by atoms with Crippen molar-refractivity contribution < 1.29 is 18.9 Å². The molecule has 0 atom stereocenters. The van der Waals surface area contributed by atoms with Gasteiger partial charge in [0.25, 0.3) is 17.7 Å². The van der Waals surface area contributed by atoms with Gasteiger partial charge < -0.3 is 9.84 Å². The number of halogens is 1. The van der Waals surface area contributed by atoms with Gasteiger partial charge in [-0.05, 0) is 42.5 Å². The summed E-state index contributed by atoms with van der Waals surface area (Å²) in [5, 5.41) is 7.07. The lowest BCUT2D eigenvalue weighted by molar-refractivity contribution is 0.0925. The Kier molecular flexibility index (Phi) is 4.80. The van der Waals surface area contributed by atoms with Gasteiger partial charge in [-0.2, -0.15) is 0 Å². The molecule has 1 aliphatic rings. The lowest BCUT2D eigenvalue weighted by Crippen LogP contribution is -2.29. The summed E-state index contributed by atoms with van der Waals surface area (Å²) in [6.45, 7) is 0. The van der Waals surface area contributed by atoms with Crippen molar-refractivity contribution in [2.45, 2.75) is 0 Å². The van der Waals surface area contributed by atoms with E-state index in [1.807, 2.05) is 0 Å². The minimum absolute atomic E-state index is 0.0751. The summed E-state index contributed by atoms with van der Waals surface area (Å²) >= 11 is 6.00. The van der Waals surface area contributed by atoms with E-state index in [4.69, 9.17) is 16.1 Å². The molecule has 0 spiro atoms. The van der Waals surface area contributed by atoms with Crippen LogP contribution in [0.15, 0.2) is 83.4 Å². The van der Waals surface area contributed by atoms with Crippen molar-refractivity contribution in [3.8, 4) is 11.3 Å². The molecule has 5 rings (SSSR count). The standard InChI is InChI=1S/C24H14ClN3O4/c25-15-6-3-5-14(11-15)21-13-20(27-32-21)22(29)26-16-7-4-8-17(12-16)28-23(30)18-9-1-2-10-19(18)24(28)31/h1-13H,(H,26,29). The summed E-state index contributed by atoms with van der Waals surface area (Å²) in [4.78, 5) is 39.2. The zero-order chi connectivity index (χ0) is 22.2. The molecule has 4 aromatic rings. The zero-order valence-corrected chi connectivity index (χ0v) is 17.2. The number of nitrogens with zero attached hydrogens (tertiary/aromatic N) is 2. The van der Waals surface area contributed by atoms with Crippen molar-refractivity contribution in [1.29, 1.82) is 0 Å². The number of amides is 3. The number of benzene rings is 3. The molecule has 1 aromatic heterocycles. The van der Waals surface area contributed by atoms with Crippen molar-refractivity contribution in [1.82, 2.24) is 5.16 Å². The molecule has 7 nitrogen and oxygen atoms in total. The maximum Gasteiger partial charge on any atom is 0.277 e. The van der Waals surface area contributed by atoms with E-state index in [2.05, 4.69) is 10.5 Å². The van der Waals surface area contributed by atoms with Crippen LogP contribution in [-0.4, -0.2) is 22.9 Å². The molecule has 1 N–H and O–H groups in total. The fourth-order valence-corrected chi connectivity index (χ4v) is 3.69. The van der Waals surface area contributed by atoms with Gasteiger partial charge in [0.15, 0.2) is 11.5 Å². The first kappa shape index (κ1) is 19.7. The minimum Gasteiger partial charge on any atom is -0.355 e. The molecule has 3 amide bonds. The molecular weight excluding hydrogens is 430 g/mol. The van der Waals surface area contributed by atoms with Crippen LogP contribution in [0.4, 0.5) is 11.4 Å². The van der Waals surface area contributed by atoms with Gasteiger partial charge in [-0.15, -0.1) is 0 Å². The molecule has 2 heterocycles. The van der Waals surface area contributed by atoms with Gasteiger partial charge in [-0.3, -0.25) is 14.4 Å². The Morgan fingerprint density at radius 2 is 1.59 bits per heavy atom. The van der Waals surface area contributed by atoms with Gasteiger partial charge in [0.05, 0.1) is 16.8 Å². The highest BCUT2D eigenvalue weighted by Gasteiger charge is 2.36. The minimum atomic E-state index is -0.499. The molecule has 0 bridgehead atoms. The monoisotopic (exact) mass is 443 g/mol. The molecule has 8 heteroatoms. The van der Waals surface area contributed by atoms with Crippen LogP contribution in [0.1, 0.15) is 31.2 Å². The number of hydrogen-bond acceptors (Lipinski definition) is 5. The van der Waals surface area contributed by atoms with Crippen molar-refractivity contribution >= 4 is 40.7 Å². The number of carbonyl (C=O) groups excluding carboxylic acids is 3. The first-order valence-electron chi connectivity index (χ1n) is 9.63. The Labute approximate surface area is 187 Å². The predicted octanol–water partition coefficient (Wildman–Crippen LogP) is 5.05. The topological polar surface area (TPSA) is 92.5 Å². The maximum atomic E-state index is 12.7. The number of nitrogens with one attached hydrogen (secondary N) is 1. The Bertz CT molecular complexity index is 1360. The molecule has 0 aliphatic carbocycles. The second kappa shape index (κ2) is 7.79. The van der Waals surface area contributed by atoms with Gasteiger partial charge >= 0.3 is 0 Å². The zero-order valence-electron chi connectivity index (χ0n) is 16.4. The van der Waals surface area contributed by atoms with Crippen molar-refractivity contribution in [2.75, 3.05) is 10.2 Å². The molecule has 0 saturated carbocycles. The SMILES string of the molecule is O=C(Nc1cccc(N2C(=O)c3ccccc3C2=O)c1)c1cc(-c2cccc(Cl)c2)on1. The number of imide groups is 1. The quantitative estimate of drug-likeness (QED) is 0.445. The van der Waals surface area contributed by atoms with Crippen LogP contribution in [0.25, 0.3) is 11.3 Å². The van der Waals surface area contributed by atoms with Gasteiger partial charge in [0.2, 0.25) is 0 Å². The van der Waals surface area contributed by atoms with Crippen molar-refractivity contribution in [3.05, 3.63) is 101 Å². The van der Waals surface area contributed by atoms with E-state index in [-0.39, 0.29) is 5.69 Å². The Hall–Kier alpha value is -4.23. The predicted molar refractivity (Wildman–Crippen MR) is 119 cm³/mol. The summed E-state index contributed by atoms with van der Waals surface area (Å²) in [6, 6.07) is 21.6. The van der Waals surface area contributed by atoms with E-state index in [0.29, 0.717) is 38.8 Å². The normalized spacial score (nSPS) is 12.7. The molecule has 32 heavy (non-hydrogen) atoms. The van der Waals surface area contributed by atoms with Crippen LogP contribution < -0.4 is 10.2 Å². The summed E-state index contributed by atoms with van der Waals surface area (Å²) < 4.78 is 5.27. The molecular formula is C24H14ClN3O4. The smallest absolute Gasteiger partial charge is 0.277 e. The molecule has 1 aliphatic heterocycles. The summed E-state index contributed by atoms with van der Waals surface area (Å²) in [7, 11) is 0. The Morgan fingerprint density at radius 3 is 2.31 bits per heavy atom. The van der Waals surface area contributed by atoms with E-state index in [0.717, 1.165) is 4.90 Å². The maximum absolute atomic E-state index is 12.7. The van der Waals surface area contributed by atoms with Crippen LogP contribution >= 0.6 is 11.6 Å². The largest absolute Gasteiger partial charge is 0.355 e. The highest BCUT2D eigenvalue weighted by atomic mass is 35.5. The van der Waals surface area contributed by atoms with Gasteiger partial charge in [-0.1, -0.05) is 47.1 Å². The molecule has 0 saturated heterocycles. The average molecular weight is 444 g/mol. The lowest BCUT2D eigenvalue weighted by Gasteiger charge is -2.15. The van der Waals surface area contributed by atoms with Crippen molar-refractivity contribution in [3.63, 3.8) is 0 Å². The number of rotatable bonds is 4. The van der Waals surface area contributed by atoms with E-state index < -0.39 is 17.7 Å². The van der Waals surface area contributed by atoms with E-state index in [1.54, 1.807) is 72.8 Å². The first-order chi connectivity index (χ1) is 15.5. The van der Waals surface area contributed by atoms with Crippen LogP contribution in [0, 0.1) is 0 Å². The van der Waals surface area contributed by atoms with E-state index in [9.17, 15) is 14.4 Å². The van der Waals surface area contributed by atoms with Crippen LogP contribution in [-0.2, 0) is 0 Å². The fourth-order valence-electron chi connectivity index (χ4n) is 3.50. The van der Waals surface area contributed by atoms with E-state index >= 15 is 0 Å². The number of anilines is 2. The van der Waals surface area contributed by atoms with Gasteiger partial charge in [0, 0.05) is 22.3 Å². The third-order valence-electron chi connectivity index (χ3n) is 5.01. The average Bonchev–Trinajstić information content (AvgIpc) is 3.38. The lowest BCUT2D eigenvalue weighted by atomic mass is 10.1. The second-order valence-electron chi connectivity index (χ2n) is 7.08. The number of carbonyl (C=O) groups is 3.